The average Bonchev–Trinajstić information content (AvgIpc) is 3.42. The molecule has 0 spiro atoms. The molecule has 2 saturated heterocycles. The summed E-state index contributed by atoms with van der Waals surface area (Å²) < 4.78 is 4.77. The van der Waals surface area contributed by atoms with Crippen LogP contribution in [0.1, 0.15) is 40.0 Å². The fourth-order valence-electron chi connectivity index (χ4n) is 5.96. The van der Waals surface area contributed by atoms with Gasteiger partial charge in [0, 0.05) is 34.3 Å². The van der Waals surface area contributed by atoms with E-state index >= 15 is 0 Å². The number of nitrogens with one attached hydrogen (secondary N) is 2. The molecule has 6 atom stereocenters. The topological polar surface area (TPSA) is 122 Å². The minimum absolute atomic E-state index is 0.202. The fraction of sp³-hybridized carbons (Fsp3) is 0.429. The smallest absolute Gasteiger partial charge is 0.305 e. The molecule has 8 nitrogen and oxygen atoms in total. The van der Waals surface area contributed by atoms with Gasteiger partial charge in [0.15, 0.2) is 5.78 Å². The highest BCUT2D eigenvalue weighted by Crippen LogP contribution is 2.59. The molecule has 3 fully saturated rings. The Morgan fingerprint density at radius 3 is 2.26 bits per heavy atom. The summed E-state index contributed by atoms with van der Waals surface area (Å²) in [7, 11) is 1.34. The third-order valence-electron chi connectivity index (χ3n) is 7.88. The SMILES string of the molecule is COC(=O)CCC[C@@H]1[C@@H]2SC[C@](NC(=O)c3ccccc3)(C2=O)[C@@]2(O)[C@@H](NC(=O)c3ccccc3)CS[C@H]12. The molecule has 2 aromatic carbocycles. The van der Waals surface area contributed by atoms with Crippen LogP contribution in [0.25, 0.3) is 0 Å². The van der Waals surface area contributed by atoms with Crippen LogP contribution < -0.4 is 10.6 Å². The fourth-order valence-corrected chi connectivity index (χ4v) is 9.72. The van der Waals surface area contributed by atoms with Crippen LogP contribution in [-0.4, -0.2) is 75.0 Å². The van der Waals surface area contributed by atoms with Crippen LogP contribution >= 0.6 is 23.5 Å². The van der Waals surface area contributed by atoms with Crippen molar-refractivity contribution >= 4 is 47.1 Å². The molecule has 2 amide bonds. The summed E-state index contributed by atoms with van der Waals surface area (Å²) in [6.07, 6.45) is 1.28. The highest BCUT2D eigenvalue weighted by atomic mass is 32.2. The first-order valence-electron chi connectivity index (χ1n) is 12.6. The molecule has 2 heterocycles. The van der Waals surface area contributed by atoms with Gasteiger partial charge in [-0.25, -0.2) is 0 Å². The van der Waals surface area contributed by atoms with Crippen molar-refractivity contribution in [1.82, 2.24) is 10.6 Å². The predicted molar refractivity (Wildman–Crippen MR) is 146 cm³/mol. The number of hydrogen-bond donors (Lipinski definition) is 3. The number of carbonyl (C=O) groups is 4. The maximum Gasteiger partial charge on any atom is 0.305 e. The normalized spacial score (nSPS) is 31.4. The van der Waals surface area contributed by atoms with Crippen molar-refractivity contribution in [2.45, 2.75) is 46.9 Å². The van der Waals surface area contributed by atoms with Crippen LogP contribution in [-0.2, 0) is 14.3 Å². The van der Waals surface area contributed by atoms with E-state index in [9.17, 15) is 24.3 Å². The van der Waals surface area contributed by atoms with Crippen LogP contribution in [0.5, 0.6) is 0 Å². The molecular weight excluding hydrogens is 524 g/mol. The molecule has 0 aromatic heterocycles. The molecule has 1 saturated carbocycles. The van der Waals surface area contributed by atoms with Gasteiger partial charge >= 0.3 is 5.97 Å². The van der Waals surface area contributed by atoms with Crippen LogP contribution in [0.4, 0.5) is 0 Å². The first-order chi connectivity index (χ1) is 18.3. The number of fused-ring (bicyclic) bond motifs is 4. The number of esters is 1. The van der Waals surface area contributed by atoms with Crippen molar-refractivity contribution in [2.75, 3.05) is 18.6 Å². The second kappa shape index (κ2) is 10.7. The summed E-state index contributed by atoms with van der Waals surface area (Å²) in [4.78, 5) is 52.3. The lowest BCUT2D eigenvalue weighted by atomic mass is 9.61. The zero-order valence-corrected chi connectivity index (χ0v) is 22.6. The molecule has 5 rings (SSSR count). The van der Waals surface area contributed by atoms with Gasteiger partial charge in [-0.1, -0.05) is 36.4 Å². The van der Waals surface area contributed by atoms with Gasteiger partial charge in [0.1, 0.15) is 11.1 Å². The van der Waals surface area contributed by atoms with E-state index < -0.39 is 33.6 Å². The first-order valence-corrected chi connectivity index (χ1v) is 14.7. The number of hydrogen-bond acceptors (Lipinski definition) is 8. The zero-order chi connectivity index (χ0) is 26.9. The van der Waals surface area contributed by atoms with Gasteiger partial charge in [-0.15, -0.1) is 11.8 Å². The molecule has 0 unspecified atom stereocenters. The van der Waals surface area contributed by atoms with E-state index in [0.29, 0.717) is 29.7 Å². The number of Topliss-reactive ketones (excluding diaryl/α,β-unsaturated/α-hetero) is 1. The number of thioether (sulfide) groups is 2. The van der Waals surface area contributed by atoms with Gasteiger partial charge in [0.25, 0.3) is 11.8 Å². The third kappa shape index (κ3) is 4.42. The molecule has 1 aliphatic carbocycles. The van der Waals surface area contributed by atoms with Crippen molar-refractivity contribution < 1.29 is 29.0 Å². The second-order valence-electron chi connectivity index (χ2n) is 9.92. The molecule has 38 heavy (non-hydrogen) atoms. The lowest BCUT2D eigenvalue weighted by Gasteiger charge is -2.52. The summed E-state index contributed by atoms with van der Waals surface area (Å²) >= 11 is 2.95. The maximum atomic E-state index is 14.1. The maximum absolute atomic E-state index is 14.1. The number of methoxy groups -OCH3 is 1. The van der Waals surface area contributed by atoms with Gasteiger partial charge in [-0.3, -0.25) is 19.2 Å². The Balaban J connectivity index is 1.49. The second-order valence-corrected chi connectivity index (χ2v) is 12.2. The molecule has 10 heteroatoms. The quantitative estimate of drug-likeness (QED) is 0.426. The Morgan fingerprint density at radius 1 is 1.00 bits per heavy atom. The molecule has 3 N–H and O–H groups in total. The van der Waals surface area contributed by atoms with Gasteiger partial charge in [-0.2, -0.15) is 11.8 Å². The monoisotopic (exact) mass is 554 g/mol. The molecule has 2 aliphatic heterocycles. The van der Waals surface area contributed by atoms with Gasteiger partial charge < -0.3 is 20.5 Å². The first kappa shape index (κ1) is 26.8. The number of carbonyl (C=O) groups excluding carboxylic acids is 4. The summed E-state index contributed by atoms with van der Waals surface area (Å²) in [5, 5.41) is 17.7. The van der Waals surface area contributed by atoms with E-state index in [1.807, 2.05) is 6.07 Å². The average molecular weight is 555 g/mol. The van der Waals surface area contributed by atoms with Crippen LogP contribution in [0.3, 0.4) is 0 Å². The van der Waals surface area contributed by atoms with Crippen molar-refractivity contribution in [1.29, 1.82) is 0 Å². The lowest BCUT2D eigenvalue weighted by molar-refractivity contribution is -0.145. The van der Waals surface area contributed by atoms with Gasteiger partial charge in [-0.05, 0) is 43.0 Å². The minimum Gasteiger partial charge on any atom is -0.469 e. The van der Waals surface area contributed by atoms with E-state index in [2.05, 4.69) is 10.6 Å². The van der Waals surface area contributed by atoms with E-state index in [0.717, 1.165) is 0 Å². The molecule has 200 valence electrons. The molecular formula is C28H30N2O6S2. The van der Waals surface area contributed by atoms with Crippen LogP contribution in [0.15, 0.2) is 60.7 Å². The van der Waals surface area contributed by atoms with Gasteiger partial charge in [0.2, 0.25) is 0 Å². The summed E-state index contributed by atoms with van der Waals surface area (Å²) in [6, 6.07) is 16.5. The van der Waals surface area contributed by atoms with Crippen LogP contribution in [0.2, 0.25) is 0 Å². The van der Waals surface area contributed by atoms with E-state index in [1.165, 1.54) is 30.6 Å². The summed E-state index contributed by atoms with van der Waals surface area (Å²) in [6.45, 7) is 0. The third-order valence-corrected chi connectivity index (χ3v) is 11.0. The number of aliphatic hydroxyl groups is 1. The van der Waals surface area contributed by atoms with E-state index in [4.69, 9.17) is 4.74 Å². The highest BCUT2D eigenvalue weighted by Gasteiger charge is 2.75. The van der Waals surface area contributed by atoms with Crippen molar-refractivity contribution in [3.63, 3.8) is 0 Å². The number of benzene rings is 2. The summed E-state index contributed by atoms with van der Waals surface area (Å²) in [5.41, 5.74) is -2.45. The minimum atomic E-state index is -1.72. The number of ether oxygens (including phenoxy) is 1. The van der Waals surface area contributed by atoms with Crippen molar-refractivity contribution in [2.24, 2.45) is 5.92 Å². The molecule has 3 aliphatic rings. The Hall–Kier alpha value is -2.82. The standard InChI is InChI=1S/C28H30N2O6S2/c1-36-21(31)14-8-13-19-22-23(32)27(16-38-22,30-26(34)18-11-6-3-7-12-18)28(35)20(15-37-24(19)28)29-25(33)17-9-4-2-5-10-17/h2-7,9-12,19-20,22,24,35H,8,13-16H2,1H3,(H,29,33)(H,30,34)/t19-,20+,22+,24-,27+,28-/m1/s1. The number of amides is 2. The summed E-state index contributed by atoms with van der Waals surface area (Å²) in [5.74, 6) is -0.976. The number of ketones is 1. The molecule has 2 bridgehead atoms. The lowest BCUT2D eigenvalue weighted by Crippen LogP contribution is -2.80. The zero-order valence-electron chi connectivity index (χ0n) is 20.9. The van der Waals surface area contributed by atoms with Crippen molar-refractivity contribution in [3.8, 4) is 0 Å². The predicted octanol–water partition coefficient (Wildman–Crippen LogP) is 2.46. The Kier molecular flexibility index (Phi) is 7.57. The molecule has 2 aromatic rings. The van der Waals surface area contributed by atoms with Crippen LogP contribution in [0, 0.1) is 5.92 Å². The number of rotatable bonds is 8. The Bertz CT molecular complexity index is 1230. The largest absolute Gasteiger partial charge is 0.469 e. The van der Waals surface area contributed by atoms with Crippen molar-refractivity contribution in [3.05, 3.63) is 71.8 Å². The Morgan fingerprint density at radius 2 is 1.63 bits per heavy atom. The highest BCUT2D eigenvalue weighted by molar-refractivity contribution is 8.02. The Labute approximate surface area is 229 Å². The van der Waals surface area contributed by atoms with Gasteiger partial charge in [0.05, 0.1) is 18.4 Å². The molecule has 0 radical (unpaired) electrons. The van der Waals surface area contributed by atoms with E-state index in [1.54, 1.807) is 54.6 Å². The van der Waals surface area contributed by atoms with E-state index in [-0.39, 0.29) is 35.8 Å².